The number of rotatable bonds is 26. The van der Waals surface area contributed by atoms with Crippen LogP contribution in [0.5, 0.6) is 0 Å². The van der Waals surface area contributed by atoms with Crippen molar-refractivity contribution in [1.82, 2.24) is 55.3 Å². The molecule has 528 valence electrons. The second kappa shape index (κ2) is 28.7. The fraction of sp³-hybridized carbons (Fsp3) is 0.577. The molecule has 4 N–H and O–H groups in total. The van der Waals surface area contributed by atoms with Crippen molar-refractivity contribution < 1.29 is 29.0 Å². The average molecular weight is 1380 g/mol. The number of carbonyl (C=O) groups excluding carboxylic acids is 4. The lowest BCUT2D eigenvalue weighted by Gasteiger charge is -2.69. The molecule has 2 aromatic carbocycles. The molecule has 0 spiro atoms. The summed E-state index contributed by atoms with van der Waals surface area (Å²) in [4.78, 5) is 76.6. The van der Waals surface area contributed by atoms with E-state index < -0.39 is 23.6 Å². The lowest BCUT2D eigenvalue weighted by atomic mass is 9.39. The standard InChI is InChI=1S/C78H103N13O6S2/c1-50-32-39-98-66(50)55-28-26-54(27-29-55)52(3)80-70(94)61-40-56(92)42-90(61)72(96)67(74(5,6)7)83-64(93)25-15-13-11-12-14-18-33-87(10)71(95)65-58(30-31-63(82-65)89-36-21-22-57-51(2)68(85-86-69(57)89)84-73-81-60-23-16-17-24-62(60)99-73)59-41-79-91(53(59)4)49-77-44-75(8)43-76(9,45-77)47-78(46-75,48-77)97-38-37-88-34-19-20-35-88/h16-17,23-24,26-32,39,41,52,56,61,67,92H,11-15,18-22,25,33-38,40,42-49H2,1-10H3,(H,80,94)(H,83,93)(H,81,84,85)/t52-,56+,61-,67+,75?,76?,77?,78?/m0/s1. The number of fused-ring (bicyclic) bond motifs is 2. The molecule has 14 rings (SSSR count). The minimum Gasteiger partial charge on any atom is -0.391 e. The van der Waals surface area contributed by atoms with Crippen molar-refractivity contribution in [3.63, 3.8) is 0 Å². The summed E-state index contributed by atoms with van der Waals surface area (Å²) in [5.74, 6) is 0.985. The van der Waals surface area contributed by atoms with Gasteiger partial charge in [0, 0.05) is 85.4 Å². The number of thiazole rings is 1. The van der Waals surface area contributed by atoms with Gasteiger partial charge in [0.2, 0.25) is 17.7 Å². The second-order valence-corrected chi connectivity index (χ2v) is 34.1. The number of amides is 4. The zero-order valence-electron chi connectivity index (χ0n) is 60.0. The first kappa shape index (κ1) is 70.3. The van der Waals surface area contributed by atoms with Crippen molar-refractivity contribution in [3.05, 3.63) is 112 Å². The minimum absolute atomic E-state index is 0.0117. The van der Waals surface area contributed by atoms with Crippen molar-refractivity contribution >= 4 is 79.1 Å². The summed E-state index contributed by atoms with van der Waals surface area (Å²) in [5.41, 5.74) is 9.08. The molecule has 99 heavy (non-hydrogen) atoms. The Kier molecular flexibility index (Phi) is 20.4. The van der Waals surface area contributed by atoms with Crippen LogP contribution in [-0.2, 0) is 32.1 Å². The average Bonchev–Trinajstić information content (AvgIpc) is 0.977. The van der Waals surface area contributed by atoms with Gasteiger partial charge in [0.05, 0.1) is 40.8 Å². The number of β-amino-alcohol motifs (C(OH)–C–C–N with tert-alkyl or cyclic N) is 1. The molecule has 6 fully saturated rings. The van der Waals surface area contributed by atoms with E-state index in [4.69, 9.17) is 30.0 Å². The Balaban J connectivity index is 0.646. The lowest BCUT2D eigenvalue weighted by Crippen LogP contribution is -2.64. The molecular formula is C78H103N13O6S2. The number of nitrogens with one attached hydrogen (secondary N) is 3. The SMILES string of the molecule is Cc1ccsc1-c1ccc([C@H](C)NC(=O)[C@@H]2C[C@@H](O)CN2C(=O)[C@@H](NC(=O)CCCCCCCCN(C)C(=O)c2nc(N3CCCc4c3nnc(Nc3nc5ccccc5s3)c4C)ccc2-c2cnn(CC34CC5(C)CC(C)(C3)CC(OCCN3CCCC3)(C5)C4)c2C)C(C)(C)C)cc1. The van der Waals surface area contributed by atoms with E-state index in [9.17, 15) is 19.5 Å². The Hall–Kier alpha value is -7.17. The van der Waals surface area contributed by atoms with Crippen molar-refractivity contribution in [1.29, 1.82) is 0 Å². The number of carbonyl (C=O) groups is 4. The van der Waals surface area contributed by atoms with E-state index in [1.165, 1.54) is 47.7 Å². The van der Waals surface area contributed by atoms with E-state index in [0.29, 0.717) is 36.8 Å². The molecule has 4 amide bonds. The van der Waals surface area contributed by atoms with Gasteiger partial charge in [-0.3, -0.25) is 23.9 Å². The number of aliphatic hydroxyl groups is 1. The first-order chi connectivity index (χ1) is 47.4. The number of thiophene rings is 1. The van der Waals surface area contributed by atoms with Crippen LogP contribution < -0.4 is 20.9 Å². The highest BCUT2D eigenvalue weighted by Gasteiger charge is 2.66. The Labute approximate surface area is 592 Å². The molecule has 2 unspecified atom stereocenters. The van der Waals surface area contributed by atoms with Gasteiger partial charge < -0.3 is 45.4 Å². The monoisotopic (exact) mass is 1380 g/mol. The van der Waals surface area contributed by atoms with E-state index >= 15 is 4.79 Å². The van der Waals surface area contributed by atoms with Gasteiger partial charge in [0.25, 0.3) is 5.91 Å². The highest BCUT2D eigenvalue weighted by atomic mass is 32.1. The van der Waals surface area contributed by atoms with Gasteiger partial charge in [-0.2, -0.15) is 5.10 Å². The summed E-state index contributed by atoms with van der Waals surface area (Å²) in [6.45, 7) is 25.2. The molecular weight excluding hydrogens is 1280 g/mol. The van der Waals surface area contributed by atoms with Crippen LogP contribution in [0.2, 0.25) is 0 Å². The molecule has 4 saturated carbocycles. The van der Waals surface area contributed by atoms with Crippen LogP contribution >= 0.6 is 22.7 Å². The van der Waals surface area contributed by atoms with Gasteiger partial charge in [-0.25, -0.2) is 9.97 Å². The van der Waals surface area contributed by atoms with Gasteiger partial charge in [-0.15, -0.1) is 21.5 Å². The highest BCUT2D eigenvalue weighted by Crippen LogP contribution is 2.72. The van der Waals surface area contributed by atoms with Crippen molar-refractivity contribution in [2.75, 3.05) is 63.1 Å². The van der Waals surface area contributed by atoms with E-state index in [1.807, 2.05) is 82.2 Å². The number of hydrogen-bond donors (Lipinski definition) is 4. The summed E-state index contributed by atoms with van der Waals surface area (Å²) in [5, 5.41) is 38.1. The Morgan fingerprint density at radius 2 is 1.56 bits per heavy atom. The van der Waals surface area contributed by atoms with Crippen molar-refractivity contribution in [2.45, 2.75) is 214 Å². The predicted octanol–water partition coefficient (Wildman–Crippen LogP) is 14.2. The summed E-state index contributed by atoms with van der Waals surface area (Å²) >= 11 is 3.28. The normalized spacial score (nSPS) is 24.2. The molecule has 0 radical (unpaired) electrons. The molecule has 4 bridgehead atoms. The zero-order chi connectivity index (χ0) is 69.6. The Morgan fingerprint density at radius 1 is 0.818 bits per heavy atom. The number of unbranched alkanes of at least 4 members (excludes halogenated alkanes) is 5. The molecule has 7 aromatic rings. The third kappa shape index (κ3) is 15.2. The van der Waals surface area contributed by atoms with Crippen LogP contribution in [0.3, 0.4) is 0 Å². The van der Waals surface area contributed by atoms with Crippen LogP contribution in [0.1, 0.15) is 195 Å². The predicted molar refractivity (Wildman–Crippen MR) is 394 cm³/mol. The van der Waals surface area contributed by atoms with Gasteiger partial charge >= 0.3 is 0 Å². The molecule has 5 aromatic heterocycles. The molecule has 3 aliphatic heterocycles. The molecule has 19 nitrogen and oxygen atoms in total. The number of anilines is 4. The summed E-state index contributed by atoms with van der Waals surface area (Å²) in [6.07, 6.45) is 17.6. The van der Waals surface area contributed by atoms with Crippen molar-refractivity contribution in [2.24, 2.45) is 21.7 Å². The van der Waals surface area contributed by atoms with Crippen LogP contribution in [0.25, 0.3) is 31.8 Å². The molecule has 4 aliphatic carbocycles. The number of nitrogens with zero attached hydrogens (tertiary/aromatic N) is 10. The fourth-order valence-electron chi connectivity index (χ4n) is 18.6. The summed E-state index contributed by atoms with van der Waals surface area (Å²) < 4.78 is 10.5. The van der Waals surface area contributed by atoms with E-state index in [0.717, 1.165) is 157 Å². The van der Waals surface area contributed by atoms with Crippen LogP contribution in [0, 0.1) is 42.4 Å². The smallest absolute Gasteiger partial charge is 0.272 e. The number of likely N-dealkylation sites (tertiary alicyclic amines) is 2. The molecule has 7 aliphatic rings. The van der Waals surface area contributed by atoms with Gasteiger partial charge in [-0.1, -0.05) is 108 Å². The highest BCUT2D eigenvalue weighted by molar-refractivity contribution is 7.22. The first-order valence-corrected chi connectivity index (χ1v) is 38.2. The molecule has 8 heterocycles. The maximum absolute atomic E-state index is 15.2. The number of pyridine rings is 1. The number of aliphatic hydroxyl groups excluding tert-OH is 1. The van der Waals surface area contributed by atoms with E-state index in [1.54, 1.807) is 22.7 Å². The maximum Gasteiger partial charge on any atom is 0.272 e. The van der Waals surface area contributed by atoms with E-state index in [-0.39, 0.29) is 70.9 Å². The maximum atomic E-state index is 15.2. The number of para-hydroxylation sites is 1. The zero-order valence-corrected chi connectivity index (χ0v) is 61.6. The van der Waals surface area contributed by atoms with Crippen molar-refractivity contribution in [3.8, 4) is 21.6 Å². The second-order valence-electron chi connectivity index (χ2n) is 32.1. The molecule has 21 heteroatoms. The van der Waals surface area contributed by atoms with Gasteiger partial charge in [0.1, 0.15) is 23.6 Å². The number of hydrogen-bond acceptors (Lipinski definition) is 16. The van der Waals surface area contributed by atoms with Gasteiger partial charge in [-0.05, 0) is 192 Å². The first-order valence-electron chi connectivity index (χ1n) is 36.5. The third-order valence-corrected chi connectivity index (χ3v) is 24.5. The summed E-state index contributed by atoms with van der Waals surface area (Å²) in [7, 11) is 1.88. The summed E-state index contributed by atoms with van der Waals surface area (Å²) in [6, 6.07) is 20.4. The third-order valence-electron chi connectivity index (χ3n) is 22.5. The topological polar surface area (TPSA) is 216 Å². The van der Waals surface area contributed by atoms with Crippen LogP contribution in [0.15, 0.2) is 78.3 Å². The molecule has 6 atom stereocenters. The number of ether oxygens (including phenoxy) is 1. The largest absolute Gasteiger partial charge is 0.391 e. The Bertz CT molecular complexity index is 4040. The Morgan fingerprint density at radius 3 is 2.28 bits per heavy atom. The van der Waals surface area contributed by atoms with Gasteiger partial charge in [0.15, 0.2) is 16.8 Å². The minimum atomic E-state index is -0.897. The quantitative estimate of drug-likeness (QED) is 0.0371. The van der Waals surface area contributed by atoms with E-state index in [2.05, 4.69) is 101 Å². The number of aryl methyl sites for hydroxylation is 1. The van der Waals surface area contributed by atoms with Crippen LogP contribution in [-0.4, -0.2) is 150 Å². The van der Waals surface area contributed by atoms with Crippen LogP contribution in [0.4, 0.5) is 22.6 Å². The lowest BCUT2D eigenvalue weighted by molar-refractivity contribution is -0.248. The number of benzene rings is 2. The molecule has 2 saturated heterocycles. The number of aromatic nitrogens is 6. The fourth-order valence-corrected chi connectivity index (χ4v) is 20.4.